The van der Waals surface area contributed by atoms with E-state index in [1.54, 1.807) is 43.5 Å². The van der Waals surface area contributed by atoms with Gasteiger partial charge in [0.2, 0.25) is 11.5 Å². The number of pyridine rings is 1. The van der Waals surface area contributed by atoms with Gasteiger partial charge in [-0.25, -0.2) is 4.98 Å². The van der Waals surface area contributed by atoms with E-state index in [2.05, 4.69) is 16.9 Å². The number of benzene rings is 2. The number of carbonyl (C=O) groups is 2. The second-order valence-electron chi connectivity index (χ2n) is 8.32. The van der Waals surface area contributed by atoms with E-state index in [-0.39, 0.29) is 11.7 Å². The number of hydrogen-bond donors (Lipinski definition) is 0. The van der Waals surface area contributed by atoms with Crippen molar-refractivity contribution in [2.24, 2.45) is 0 Å². The highest BCUT2D eigenvalue weighted by Crippen LogP contribution is 2.42. The van der Waals surface area contributed by atoms with Crippen molar-refractivity contribution >= 4 is 28.7 Å². The minimum Gasteiger partial charge on any atom is -0.493 e. The lowest BCUT2D eigenvalue weighted by Crippen LogP contribution is -2.47. The first-order chi connectivity index (χ1) is 16.9. The van der Waals surface area contributed by atoms with Gasteiger partial charge in [0, 0.05) is 43.2 Å². The second kappa shape index (κ2) is 10.6. The predicted molar refractivity (Wildman–Crippen MR) is 135 cm³/mol. The van der Waals surface area contributed by atoms with Gasteiger partial charge in [0.1, 0.15) is 5.69 Å². The molecule has 4 rings (SSSR count). The van der Waals surface area contributed by atoms with Crippen LogP contribution in [0.2, 0.25) is 0 Å². The maximum Gasteiger partial charge on any atom is 0.253 e. The lowest BCUT2D eigenvalue weighted by molar-refractivity contribution is 0.0664. The Kier molecular flexibility index (Phi) is 7.31. The summed E-state index contributed by atoms with van der Waals surface area (Å²) in [7, 11) is 6.67. The normalized spacial score (nSPS) is 14.3. The third kappa shape index (κ3) is 5.12. The number of aromatic nitrogens is 1. The van der Waals surface area contributed by atoms with Gasteiger partial charge in [-0.3, -0.25) is 9.59 Å². The Morgan fingerprint density at radius 3 is 2.20 bits per heavy atom. The number of hydrogen-bond acceptors (Lipinski definition) is 7. The first kappa shape index (κ1) is 24.2. The van der Waals surface area contributed by atoms with Gasteiger partial charge in [-0.1, -0.05) is 18.2 Å². The standard InChI is InChI=1S/C27H29N3O5/c1-29-13-15-30(16-14-29)27(32)19-8-5-18(6-9-19)7-12-23(31)21-11-10-20-22(28-21)17-24(33-2)26(35-4)25(20)34-3/h5-12,17H,13-16H2,1-4H3. The number of amides is 1. The summed E-state index contributed by atoms with van der Waals surface area (Å²) in [5.41, 5.74) is 2.32. The van der Waals surface area contributed by atoms with Crippen LogP contribution in [0.5, 0.6) is 17.2 Å². The van der Waals surface area contributed by atoms with Crippen LogP contribution in [0.15, 0.2) is 48.5 Å². The molecule has 182 valence electrons. The Morgan fingerprint density at radius 1 is 0.886 bits per heavy atom. The smallest absolute Gasteiger partial charge is 0.253 e. The largest absolute Gasteiger partial charge is 0.493 e. The summed E-state index contributed by atoms with van der Waals surface area (Å²) in [6.07, 6.45) is 3.19. The molecule has 3 aromatic rings. The van der Waals surface area contributed by atoms with E-state index in [0.717, 1.165) is 31.7 Å². The van der Waals surface area contributed by atoms with E-state index in [1.165, 1.54) is 20.3 Å². The maximum absolute atomic E-state index is 12.8. The van der Waals surface area contributed by atoms with Crippen LogP contribution in [-0.2, 0) is 0 Å². The molecule has 0 radical (unpaired) electrons. The third-order valence-electron chi connectivity index (χ3n) is 6.12. The van der Waals surface area contributed by atoms with E-state index < -0.39 is 0 Å². The molecule has 0 N–H and O–H groups in total. The SMILES string of the molecule is COc1cc2nc(C(=O)C=Cc3ccc(C(=O)N4CCN(C)CC4)cc3)ccc2c(OC)c1OC. The Hall–Kier alpha value is -3.91. The number of ether oxygens (including phenoxy) is 3. The molecule has 0 aliphatic carbocycles. The first-order valence-corrected chi connectivity index (χ1v) is 11.3. The van der Waals surface area contributed by atoms with Gasteiger partial charge in [0.15, 0.2) is 11.5 Å². The van der Waals surface area contributed by atoms with Crippen molar-refractivity contribution in [2.45, 2.75) is 0 Å². The summed E-state index contributed by atoms with van der Waals surface area (Å²) in [5, 5.41) is 0.714. The van der Waals surface area contributed by atoms with Crippen LogP contribution >= 0.6 is 0 Å². The number of methoxy groups -OCH3 is 3. The Morgan fingerprint density at radius 2 is 1.57 bits per heavy atom. The van der Waals surface area contributed by atoms with Crippen molar-refractivity contribution in [3.8, 4) is 17.2 Å². The number of piperazine rings is 1. The number of likely N-dealkylation sites (N-methyl/N-ethyl adjacent to an activating group) is 1. The maximum atomic E-state index is 12.8. The topological polar surface area (TPSA) is 81.2 Å². The number of fused-ring (bicyclic) bond motifs is 1. The molecule has 0 spiro atoms. The molecule has 1 amide bonds. The zero-order valence-electron chi connectivity index (χ0n) is 20.4. The van der Waals surface area contributed by atoms with Crippen LogP contribution in [0.3, 0.4) is 0 Å². The van der Waals surface area contributed by atoms with Crippen molar-refractivity contribution < 1.29 is 23.8 Å². The number of ketones is 1. The minimum absolute atomic E-state index is 0.0348. The molecule has 0 unspecified atom stereocenters. The minimum atomic E-state index is -0.238. The molecule has 0 bridgehead atoms. The number of rotatable bonds is 7. The van der Waals surface area contributed by atoms with E-state index in [4.69, 9.17) is 14.2 Å². The summed E-state index contributed by atoms with van der Waals surface area (Å²) < 4.78 is 16.3. The van der Waals surface area contributed by atoms with Crippen LogP contribution in [-0.4, -0.2) is 81.0 Å². The van der Waals surface area contributed by atoms with Gasteiger partial charge in [-0.05, 0) is 43.0 Å². The second-order valence-corrected chi connectivity index (χ2v) is 8.32. The summed E-state index contributed by atoms with van der Waals surface area (Å²) in [5.74, 6) is 1.23. The molecule has 8 heteroatoms. The molecule has 2 heterocycles. The number of nitrogens with zero attached hydrogens (tertiary/aromatic N) is 3. The monoisotopic (exact) mass is 475 g/mol. The molecular weight excluding hydrogens is 446 g/mol. The van der Waals surface area contributed by atoms with Crippen LogP contribution in [0.25, 0.3) is 17.0 Å². The zero-order chi connectivity index (χ0) is 24.9. The first-order valence-electron chi connectivity index (χ1n) is 11.3. The quantitative estimate of drug-likeness (QED) is 0.382. The molecular formula is C27H29N3O5. The van der Waals surface area contributed by atoms with Crippen LogP contribution in [0.4, 0.5) is 0 Å². The van der Waals surface area contributed by atoms with E-state index in [9.17, 15) is 9.59 Å². The lowest BCUT2D eigenvalue weighted by atomic mass is 10.1. The van der Waals surface area contributed by atoms with Gasteiger partial charge >= 0.3 is 0 Å². The molecule has 0 atom stereocenters. The average molecular weight is 476 g/mol. The zero-order valence-corrected chi connectivity index (χ0v) is 20.4. The van der Waals surface area contributed by atoms with Gasteiger partial charge in [0.25, 0.3) is 5.91 Å². The summed E-state index contributed by atoms with van der Waals surface area (Å²) >= 11 is 0. The van der Waals surface area contributed by atoms with Crippen LogP contribution in [0.1, 0.15) is 26.4 Å². The molecule has 2 aromatic carbocycles. The molecule has 8 nitrogen and oxygen atoms in total. The van der Waals surface area contributed by atoms with Crippen molar-refractivity contribution in [1.29, 1.82) is 0 Å². The fourth-order valence-corrected chi connectivity index (χ4v) is 4.07. The molecule has 1 saturated heterocycles. The molecule has 1 aliphatic rings. The van der Waals surface area contributed by atoms with E-state index >= 15 is 0 Å². The summed E-state index contributed by atoms with van der Waals surface area (Å²) in [6.45, 7) is 3.22. The Balaban J connectivity index is 1.50. The molecule has 35 heavy (non-hydrogen) atoms. The fraction of sp³-hybridized carbons (Fsp3) is 0.296. The molecule has 1 aliphatic heterocycles. The van der Waals surface area contributed by atoms with Crippen LogP contribution < -0.4 is 14.2 Å². The summed E-state index contributed by atoms with van der Waals surface area (Å²) in [6, 6.07) is 12.4. The fourth-order valence-electron chi connectivity index (χ4n) is 4.07. The van der Waals surface area contributed by atoms with Gasteiger partial charge in [-0.2, -0.15) is 0 Å². The summed E-state index contributed by atoms with van der Waals surface area (Å²) in [4.78, 5) is 34.1. The molecule has 1 aromatic heterocycles. The number of allylic oxidation sites excluding steroid dienone is 1. The van der Waals surface area contributed by atoms with Gasteiger partial charge in [0.05, 0.1) is 26.8 Å². The highest BCUT2D eigenvalue weighted by molar-refractivity contribution is 6.07. The Labute approximate surface area is 204 Å². The van der Waals surface area contributed by atoms with Gasteiger partial charge < -0.3 is 24.0 Å². The molecule has 1 fully saturated rings. The predicted octanol–water partition coefficient (Wildman–Crippen LogP) is 3.54. The lowest BCUT2D eigenvalue weighted by Gasteiger charge is -2.32. The Bertz CT molecular complexity index is 1260. The third-order valence-corrected chi connectivity index (χ3v) is 6.12. The van der Waals surface area contributed by atoms with Gasteiger partial charge in [-0.15, -0.1) is 0 Å². The van der Waals surface area contributed by atoms with Crippen LogP contribution in [0, 0.1) is 0 Å². The van der Waals surface area contributed by atoms with Crippen molar-refractivity contribution in [3.05, 3.63) is 65.4 Å². The number of carbonyl (C=O) groups excluding carboxylic acids is 2. The highest BCUT2D eigenvalue weighted by atomic mass is 16.5. The van der Waals surface area contributed by atoms with Crippen molar-refractivity contribution in [3.63, 3.8) is 0 Å². The van der Waals surface area contributed by atoms with E-state index in [0.29, 0.717) is 39.4 Å². The van der Waals surface area contributed by atoms with E-state index in [1.807, 2.05) is 17.0 Å². The van der Waals surface area contributed by atoms with Crippen molar-refractivity contribution in [2.75, 3.05) is 54.6 Å². The average Bonchev–Trinajstić information content (AvgIpc) is 2.90. The van der Waals surface area contributed by atoms with Crippen molar-refractivity contribution in [1.82, 2.24) is 14.8 Å². The molecule has 0 saturated carbocycles. The highest BCUT2D eigenvalue weighted by Gasteiger charge is 2.20.